The van der Waals surface area contributed by atoms with Crippen molar-refractivity contribution in [3.05, 3.63) is 24.3 Å². The molecule has 0 saturated carbocycles. The fourth-order valence-corrected chi connectivity index (χ4v) is 1.88. The van der Waals surface area contributed by atoms with Crippen LogP contribution in [0.1, 0.15) is 27.7 Å². The van der Waals surface area contributed by atoms with Gasteiger partial charge in [-0.2, -0.15) is 0 Å². The van der Waals surface area contributed by atoms with Crippen molar-refractivity contribution in [1.29, 1.82) is 0 Å². The van der Waals surface area contributed by atoms with E-state index in [1.807, 2.05) is 12.2 Å². The van der Waals surface area contributed by atoms with E-state index in [0.29, 0.717) is 13.2 Å². The molecule has 0 atom stereocenters. The summed E-state index contributed by atoms with van der Waals surface area (Å²) in [7, 11) is -1.67. The Kier molecular flexibility index (Phi) is 7.17. The lowest BCUT2D eigenvalue weighted by molar-refractivity contribution is -0.137. The highest BCUT2D eigenvalue weighted by molar-refractivity contribution is 6.74. The van der Waals surface area contributed by atoms with Crippen molar-refractivity contribution >= 4 is 14.3 Å². The largest absolute Gasteiger partial charge is 0.463 e. The highest BCUT2D eigenvalue weighted by atomic mass is 28.4. The summed E-state index contributed by atoms with van der Waals surface area (Å²) in [4.78, 5) is 11.0. The van der Waals surface area contributed by atoms with E-state index < -0.39 is 8.32 Å². The second-order valence-electron chi connectivity index (χ2n) is 5.61. The molecule has 0 aliphatic rings. The lowest BCUT2D eigenvalue weighted by Crippen LogP contribution is -2.40. The Morgan fingerprint density at radius 2 is 1.83 bits per heavy atom. The molecule has 4 heteroatoms. The summed E-state index contributed by atoms with van der Waals surface area (Å²) in [6, 6.07) is 0. The van der Waals surface area contributed by atoms with Crippen LogP contribution in [0.3, 0.4) is 0 Å². The van der Waals surface area contributed by atoms with Crippen molar-refractivity contribution < 1.29 is 14.0 Å². The fraction of sp³-hybridized carbons (Fsp3) is 0.643. The maximum absolute atomic E-state index is 11.0. The van der Waals surface area contributed by atoms with Crippen molar-refractivity contribution in [3.63, 3.8) is 0 Å². The lowest BCUT2D eigenvalue weighted by atomic mass is 10.2. The minimum absolute atomic E-state index is 0.224. The third-order valence-corrected chi connectivity index (χ3v) is 7.61. The van der Waals surface area contributed by atoms with E-state index in [2.05, 4.69) is 33.9 Å². The molecule has 0 rings (SSSR count). The average Bonchev–Trinajstić information content (AvgIpc) is 2.21. The number of carbonyl (C=O) groups excluding carboxylic acids is 1. The van der Waals surface area contributed by atoms with Gasteiger partial charge in [-0.25, -0.2) is 4.79 Å². The monoisotopic (exact) mass is 270 g/mol. The standard InChI is InChI=1S/C14H26O3Si/c1-7-16-13(15)11-9-8-10-12-17-18(5,6)14(2,3)4/h8-11H,7,12H2,1-6H3/b10-8-,11-9+. The first-order valence-electron chi connectivity index (χ1n) is 6.34. The van der Waals surface area contributed by atoms with E-state index in [-0.39, 0.29) is 11.0 Å². The highest BCUT2D eigenvalue weighted by Crippen LogP contribution is 2.36. The molecule has 0 aliphatic carbocycles. The first-order chi connectivity index (χ1) is 8.20. The van der Waals surface area contributed by atoms with Gasteiger partial charge in [0.25, 0.3) is 0 Å². The summed E-state index contributed by atoms with van der Waals surface area (Å²) < 4.78 is 10.7. The van der Waals surface area contributed by atoms with Gasteiger partial charge in [0.05, 0.1) is 13.2 Å². The molecule has 0 aromatic heterocycles. The lowest BCUT2D eigenvalue weighted by Gasteiger charge is -2.35. The molecule has 0 amide bonds. The van der Waals surface area contributed by atoms with Gasteiger partial charge in [0, 0.05) is 6.08 Å². The molecule has 0 fully saturated rings. The van der Waals surface area contributed by atoms with E-state index in [0.717, 1.165) is 0 Å². The number of hydrogen-bond donors (Lipinski definition) is 0. The first-order valence-corrected chi connectivity index (χ1v) is 9.25. The van der Waals surface area contributed by atoms with Crippen molar-refractivity contribution in [2.45, 2.75) is 45.8 Å². The van der Waals surface area contributed by atoms with Crippen molar-refractivity contribution in [1.82, 2.24) is 0 Å². The predicted octanol–water partition coefficient (Wildman–Crippen LogP) is 3.68. The number of hydrogen-bond acceptors (Lipinski definition) is 3. The summed E-state index contributed by atoms with van der Waals surface area (Å²) in [6.45, 7) is 13.8. The molecule has 0 aromatic carbocycles. The zero-order chi connectivity index (χ0) is 14.2. The van der Waals surface area contributed by atoms with Crippen molar-refractivity contribution in [3.8, 4) is 0 Å². The molecular formula is C14H26O3Si. The molecule has 0 bridgehead atoms. The topological polar surface area (TPSA) is 35.5 Å². The molecule has 18 heavy (non-hydrogen) atoms. The number of allylic oxidation sites excluding steroid dienone is 2. The molecule has 0 spiro atoms. The fourth-order valence-electron chi connectivity index (χ4n) is 0.932. The van der Waals surface area contributed by atoms with E-state index in [1.54, 1.807) is 13.0 Å². The van der Waals surface area contributed by atoms with Crippen LogP contribution in [0.2, 0.25) is 18.1 Å². The van der Waals surface area contributed by atoms with Crippen molar-refractivity contribution in [2.75, 3.05) is 13.2 Å². The van der Waals surface area contributed by atoms with Gasteiger partial charge in [-0.05, 0) is 25.1 Å². The number of ether oxygens (including phenoxy) is 1. The molecule has 0 radical (unpaired) electrons. The Morgan fingerprint density at radius 3 is 2.33 bits per heavy atom. The predicted molar refractivity (Wildman–Crippen MR) is 78.1 cm³/mol. The summed E-state index contributed by atoms with van der Waals surface area (Å²) in [5.74, 6) is -0.313. The van der Waals surface area contributed by atoms with Crippen LogP contribution in [0.15, 0.2) is 24.3 Å². The van der Waals surface area contributed by atoms with Crippen molar-refractivity contribution in [2.24, 2.45) is 0 Å². The second-order valence-corrected chi connectivity index (χ2v) is 10.4. The van der Waals surface area contributed by atoms with Gasteiger partial charge in [-0.3, -0.25) is 0 Å². The van der Waals surface area contributed by atoms with Crippen LogP contribution >= 0.6 is 0 Å². The van der Waals surface area contributed by atoms with Gasteiger partial charge in [-0.1, -0.05) is 39.0 Å². The van der Waals surface area contributed by atoms with E-state index in [4.69, 9.17) is 9.16 Å². The number of esters is 1. The molecule has 0 heterocycles. The van der Waals surface area contributed by atoms with Crippen LogP contribution in [-0.2, 0) is 14.0 Å². The molecule has 0 aliphatic heterocycles. The number of rotatable bonds is 6. The molecule has 0 unspecified atom stereocenters. The zero-order valence-corrected chi connectivity index (χ0v) is 13.4. The Balaban J connectivity index is 4.02. The van der Waals surface area contributed by atoms with Crippen LogP contribution in [0.25, 0.3) is 0 Å². The molecular weight excluding hydrogens is 244 g/mol. The minimum Gasteiger partial charge on any atom is -0.463 e. The third kappa shape index (κ3) is 6.76. The molecule has 0 aromatic rings. The first kappa shape index (κ1) is 17.1. The smallest absolute Gasteiger partial charge is 0.330 e. The molecule has 0 N–H and O–H groups in total. The summed E-state index contributed by atoms with van der Waals surface area (Å²) in [6.07, 6.45) is 6.81. The third-order valence-electron chi connectivity index (χ3n) is 3.11. The highest BCUT2D eigenvalue weighted by Gasteiger charge is 2.36. The van der Waals surface area contributed by atoms with Crippen LogP contribution in [0, 0.1) is 0 Å². The molecule has 104 valence electrons. The van der Waals surface area contributed by atoms with Gasteiger partial charge >= 0.3 is 5.97 Å². The van der Waals surface area contributed by atoms with Gasteiger partial charge < -0.3 is 9.16 Å². The normalized spacial score (nSPS) is 13.4. The van der Waals surface area contributed by atoms with E-state index in [1.165, 1.54) is 6.08 Å². The second kappa shape index (κ2) is 7.54. The molecule has 0 saturated heterocycles. The van der Waals surface area contributed by atoms with Gasteiger partial charge in [0.15, 0.2) is 8.32 Å². The van der Waals surface area contributed by atoms with E-state index in [9.17, 15) is 4.79 Å². The van der Waals surface area contributed by atoms with Gasteiger partial charge in [0.2, 0.25) is 0 Å². The quantitative estimate of drug-likeness (QED) is 0.320. The van der Waals surface area contributed by atoms with Gasteiger partial charge in [-0.15, -0.1) is 0 Å². The number of carbonyl (C=O) groups is 1. The maximum atomic E-state index is 11.0. The van der Waals surface area contributed by atoms with Crippen LogP contribution in [0.5, 0.6) is 0 Å². The van der Waals surface area contributed by atoms with Gasteiger partial charge in [0.1, 0.15) is 0 Å². The Morgan fingerprint density at radius 1 is 1.22 bits per heavy atom. The SMILES string of the molecule is CCOC(=O)/C=C/C=C\CO[Si](C)(C)C(C)(C)C. The van der Waals surface area contributed by atoms with Crippen LogP contribution in [0.4, 0.5) is 0 Å². The maximum Gasteiger partial charge on any atom is 0.330 e. The molecule has 3 nitrogen and oxygen atoms in total. The average molecular weight is 270 g/mol. The van der Waals surface area contributed by atoms with Crippen LogP contribution in [-0.4, -0.2) is 27.5 Å². The minimum atomic E-state index is -1.67. The Labute approximate surface area is 112 Å². The summed E-state index contributed by atoms with van der Waals surface area (Å²) >= 11 is 0. The Bertz CT molecular complexity index is 311. The summed E-state index contributed by atoms with van der Waals surface area (Å²) in [5.41, 5.74) is 0. The Hall–Kier alpha value is -0.873. The van der Waals surface area contributed by atoms with E-state index >= 15 is 0 Å². The van der Waals surface area contributed by atoms with Crippen LogP contribution < -0.4 is 0 Å². The summed E-state index contributed by atoms with van der Waals surface area (Å²) in [5, 5.41) is 0.224. The zero-order valence-electron chi connectivity index (χ0n) is 12.4.